The molecule has 158 valence electrons. The summed E-state index contributed by atoms with van der Waals surface area (Å²) in [6, 6.07) is 13.1. The molecule has 6 nitrogen and oxygen atoms in total. The highest BCUT2D eigenvalue weighted by atomic mass is 16.2. The van der Waals surface area contributed by atoms with Crippen LogP contribution in [-0.4, -0.2) is 39.2 Å². The number of fused-ring (bicyclic) bond motifs is 4. The summed E-state index contributed by atoms with van der Waals surface area (Å²) in [7, 11) is 0. The van der Waals surface area contributed by atoms with Crippen LogP contribution in [0.25, 0.3) is 10.9 Å². The molecule has 6 heteroatoms. The number of nitrogens with zero attached hydrogens (tertiary/aromatic N) is 1. The fourth-order valence-corrected chi connectivity index (χ4v) is 4.77. The summed E-state index contributed by atoms with van der Waals surface area (Å²) in [4.78, 5) is 43.1. The number of para-hydroxylation sites is 1. The molecule has 0 radical (unpaired) electrons. The van der Waals surface area contributed by atoms with Crippen molar-refractivity contribution < 1.29 is 14.4 Å². The third-order valence-electron chi connectivity index (χ3n) is 6.25. The fourth-order valence-electron chi connectivity index (χ4n) is 4.77. The van der Waals surface area contributed by atoms with Gasteiger partial charge in [-0.2, -0.15) is 0 Å². The van der Waals surface area contributed by atoms with Crippen LogP contribution < -0.4 is 5.32 Å². The lowest BCUT2D eigenvalue weighted by atomic mass is 9.91. The highest BCUT2D eigenvalue weighted by molar-refractivity contribution is 6.22. The first-order chi connectivity index (χ1) is 14.7. The highest BCUT2D eigenvalue weighted by Gasteiger charge is 2.42. The van der Waals surface area contributed by atoms with Crippen LogP contribution in [0.15, 0.2) is 42.5 Å². The molecule has 0 fully saturated rings. The van der Waals surface area contributed by atoms with E-state index in [1.54, 1.807) is 18.2 Å². The van der Waals surface area contributed by atoms with Gasteiger partial charge in [-0.25, -0.2) is 0 Å². The lowest BCUT2D eigenvalue weighted by Crippen LogP contribution is -2.45. The van der Waals surface area contributed by atoms with Crippen LogP contribution in [0.4, 0.5) is 0 Å². The number of amides is 3. The zero-order valence-corrected chi connectivity index (χ0v) is 17.9. The highest BCUT2D eigenvalue weighted by Crippen LogP contribution is 2.31. The van der Waals surface area contributed by atoms with Crippen molar-refractivity contribution in [3.8, 4) is 0 Å². The minimum absolute atomic E-state index is 0.0183. The first-order valence-electron chi connectivity index (χ1n) is 10.7. The number of imide groups is 1. The average Bonchev–Trinajstić information content (AvgIpc) is 3.21. The molecule has 2 heterocycles. The number of aromatic nitrogens is 1. The van der Waals surface area contributed by atoms with Gasteiger partial charge >= 0.3 is 0 Å². The summed E-state index contributed by atoms with van der Waals surface area (Å²) in [5.74, 6) is -0.873. The zero-order valence-electron chi connectivity index (χ0n) is 17.9. The second-order valence-corrected chi connectivity index (χ2v) is 9.42. The molecule has 5 rings (SSSR count). The second kappa shape index (κ2) is 6.80. The standard InChI is InChI=1S/C25H25N3O3/c1-25(2,3)28-23(30)18-10-8-14(12-19(18)24(28)31)22(29)26-15-9-11-17-16-6-4-5-7-20(16)27-21(17)13-15/h4-8,10,12,15,27H,9,11,13H2,1-3H3,(H,26,29). The summed E-state index contributed by atoms with van der Waals surface area (Å²) in [6.07, 6.45) is 2.51. The summed E-state index contributed by atoms with van der Waals surface area (Å²) in [6.45, 7) is 5.47. The monoisotopic (exact) mass is 415 g/mol. The predicted molar refractivity (Wildman–Crippen MR) is 118 cm³/mol. The molecule has 0 spiro atoms. The second-order valence-electron chi connectivity index (χ2n) is 9.42. The van der Waals surface area contributed by atoms with Crippen LogP contribution in [0, 0.1) is 0 Å². The number of carbonyl (C=O) groups is 3. The lowest BCUT2D eigenvalue weighted by Gasteiger charge is -2.29. The first kappa shape index (κ1) is 19.5. The fraction of sp³-hybridized carbons (Fsp3) is 0.320. The minimum Gasteiger partial charge on any atom is -0.358 e. The average molecular weight is 415 g/mol. The number of carbonyl (C=O) groups excluding carboxylic acids is 3. The van der Waals surface area contributed by atoms with Gasteiger partial charge in [0.05, 0.1) is 11.1 Å². The first-order valence-corrected chi connectivity index (χ1v) is 10.7. The third-order valence-corrected chi connectivity index (χ3v) is 6.25. The Morgan fingerprint density at radius 3 is 2.58 bits per heavy atom. The van der Waals surface area contributed by atoms with E-state index >= 15 is 0 Å². The van der Waals surface area contributed by atoms with Crippen LogP contribution in [0.5, 0.6) is 0 Å². The maximum absolute atomic E-state index is 12.9. The van der Waals surface area contributed by atoms with E-state index in [4.69, 9.17) is 0 Å². The molecule has 2 aliphatic rings. The molecule has 0 saturated heterocycles. The normalized spacial score (nSPS) is 18.3. The van der Waals surface area contributed by atoms with Gasteiger partial charge in [-0.1, -0.05) is 18.2 Å². The van der Waals surface area contributed by atoms with E-state index < -0.39 is 5.54 Å². The maximum Gasteiger partial charge on any atom is 0.262 e. The SMILES string of the molecule is CC(C)(C)N1C(=O)c2ccc(C(=O)NC3CCc4c([nH]c5ccccc45)C3)cc2C1=O. The Kier molecular flexibility index (Phi) is 4.29. The largest absolute Gasteiger partial charge is 0.358 e. The molecule has 1 atom stereocenters. The number of hydrogen-bond donors (Lipinski definition) is 2. The van der Waals surface area contributed by atoms with Crippen LogP contribution in [0.1, 0.15) is 69.5 Å². The van der Waals surface area contributed by atoms with Crippen molar-refractivity contribution in [2.45, 2.75) is 51.6 Å². The number of aromatic amines is 1. The molecule has 0 saturated carbocycles. The van der Waals surface area contributed by atoms with E-state index in [0.29, 0.717) is 16.7 Å². The van der Waals surface area contributed by atoms with E-state index in [2.05, 4.69) is 22.4 Å². The van der Waals surface area contributed by atoms with Gasteiger partial charge in [0.1, 0.15) is 0 Å². The van der Waals surface area contributed by atoms with E-state index in [1.165, 1.54) is 21.5 Å². The summed E-state index contributed by atoms with van der Waals surface area (Å²) < 4.78 is 0. The van der Waals surface area contributed by atoms with Gasteiger partial charge in [0.2, 0.25) is 0 Å². The third kappa shape index (κ3) is 3.14. The number of hydrogen-bond acceptors (Lipinski definition) is 3. The lowest BCUT2D eigenvalue weighted by molar-refractivity contribution is 0.0507. The number of nitrogens with one attached hydrogen (secondary N) is 2. The van der Waals surface area contributed by atoms with Gasteiger partial charge in [0.15, 0.2) is 0 Å². The number of rotatable bonds is 2. The van der Waals surface area contributed by atoms with Crippen LogP contribution >= 0.6 is 0 Å². The predicted octanol–water partition coefficient (Wildman–Crippen LogP) is 3.85. The Bertz CT molecular complexity index is 1250. The molecule has 31 heavy (non-hydrogen) atoms. The van der Waals surface area contributed by atoms with Gasteiger partial charge in [0.25, 0.3) is 17.7 Å². The molecule has 1 aliphatic heterocycles. The van der Waals surface area contributed by atoms with Crippen molar-refractivity contribution in [3.63, 3.8) is 0 Å². The molecule has 0 bridgehead atoms. The van der Waals surface area contributed by atoms with Crippen molar-refractivity contribution in [1.82, 2.24) is 15.2 Å². The summed E-state index contributed by atoms with van der Waals surface area (Å²) in [5.41, 5.74) is 4.08. The van der Waals surface area contributed by atoms with Gasteiger partial charge < -0.3 is 10.3 Å². The van der Waals surface area contributed by atoms with E-state index in [9.17, 15) is 14.4 Å². The molecule has 2 N–H and O–H groups in total. The summed E-state index contributed by atoms with van der Waals surface area (Å²) >= 11 is 0. The topological polar surface area (TPSA) is 82.3 Å². The Morgan fingerprint density at radius 1 is 1.06 bits per heavy atom. The van der Waals surface area contributed by atoms with Gasteiger partial charge in [-0.15, -0.1) is 0 Å². The quantitative estimate of drug-likeness (QED) is 0.624. The summed E-state index contributed by atoms with van der Waals surface area (Å²) in [5, 5.41) is 4.37. The molecular formula is C25H25N3O3. The Morgan fingerprint density at radius 2 is 1.81 bits per heavy atom. The molecule has 3 amide bonds. The van der Waals surface area contributed by atoms with Gasteiger partial charge in [-0.05, 0) is 63.4 Å². The van der Waals surface area contributed by atoms with Gasteiger partial charge in [0, 0.05) is 40.2 Å². The molecule has 3 aromatic rings. The Hall–Kier alpha value is -3.41. The number of aryl methyl sites for hydroxylation is 1. The maximum atomic E-state index is 12.9. The van der Waals surface area contributed by atoms with Crippen molar-refractivity contribution in [1.29, 1.82) is 0 Å². The molecule has 1 aliphatic carbocycles. The van der Waals surface area contributed by atoms with E-state index in [0.717, 1.165) is 24.8 Å². The molecule has 2 aromatic carbocycles. The Balaban J connectivity index is 1.35. The molecular weight excluding hydrogens is 390 g/mol. The van der Waals surface area contributed by atoms with Crippen molar-refractivity contribution >= 4 is 28.6 Å². The van der Waals surface area contributed by atoms with E-state index in [1.807, 2.05) is 32.9 Å². The molecule has 1 unspecified atom stereocenters. The van der Waals surface area contributed by atoms with Crippen molar-refractivity contribution in [2.24, 2.45) is 0 Å². The number of H-pyrrole nitrogens is 1. The van der Waals surface area contributed by atoms with Crippen LogP contribution in [0.2, 0.25) is 0 Å². The van der Waals surface area contributed by atoms with Gasteiger partial charge in [-0.3, -0.25) is 19.3 Å². The molecule has 1 aromatic heterocycles. The minimum atomic E-state index is -0.616. The van der Waals surface area contributed by atoms with Crippen molar-refractivity contribution in [3.05, 3.63) is 70.4 Å². The number of benzene rings is 2. The Labute approximate surface area is 180 Å². The van der Waals surface area contributed by atoms with E-state index in [-0.39, 0.29) is 23.8 Å². The van der Waals surface area contributed by atoms with Crippen molar-refractivity contribution in [2.75, 3.05) is 0 Å². The smallest absolute Gasteiger partial charge is 0.262 e. The van der Waals surface area contributed by atoms with Crippen LogP contribution in [0.3, 0.4) is 0 Å². The van der Waals surface area contributed by atoms with Crippen LogP contribution in [-0.2, 0) is 12.8 Å². The zero-order chi connectivity index (χ0) is 21.9.